The SMILES string of the molecule is O=C(NCCc1cc(F)cc(F)c1)c1cn(-c2ccccc2)nc1-c1cccnc1. The molecule has 7 heteroatoms. The molecule has 0 saturated heterocycles. The van der Waals surface area contributed by atoms with Gasteiger partial charge in [-0.05, 0) is 48.4 Å². The molecule has 2 heterocycles. The van der Waals surface area contributed by atoms with E-state index in [-0.39, 0.29) is 12.5 Å². The van der Waals surface area contributed by atoms with Gasteiger partial charge in [0.25, 0.3) is 5.91 Å². The maximum absolute atomic E-state index is 13.3. The number of rotatable bonds is 6. The van der Waals surface area contributed by atoms with Crippen LogP contribution in [-0.2, 0) is 6.42 Å². The summed E-state index contributed by atoms with van der Waals surface area (Å²) < 4.78 is 28.3. The number of amides is 1. The van der Waals surface area contributed by atoms with Gasteiger partial charge in [0.1, 0.15) is 17.3 Å². The normalized spacial score (nSPS) is 10.7. The van der Waals surface area contributed by atoms with E-state index < -0.39 is 11.6 Å². The minimum Gasteiger partial charge on any atom is -0.352 e. The first-order valence-electron chi connectivity index (χ1n) is 9.39. The number of nitrogens with zero attached hydrogens (tertiary/aromatic N) is 3. The van der Waals surface area contributed by atoms with E-state index in [1.807, 2.05) is 36.4 Å². The van der Waals surface area contributed by atoms with Gasteiger partial charge in [-0.3, -0.25) is 9.78 Å². The van der Waals surface area contributed by atoms with Gasteiger partial charge in [0.2, 0.25) is 0 Å². The first-order chi connectivity index (χ1) is 14.6. The maximum atomic E-state index is 13.3. The first kappa shape index (κ1) is 19.4. The fourth-order valence-electron chi connectivity index (χ4n) is 3.14. The van der Waals surface area contributed by atoms with Gasteiger partial charge in [-0.25, -0.2) is 13.5 Å². The van der Waals surface area contributed by atoms with Crippen LogP contribution in [0.2, 0.25) is 0 Å². The Labute approximate surface area is 172 Å². The number of aromatic nitrogens is 3. The monoisotopic (exact) mass is 404 g/mol. The quantitative estimate of drug-likeness (QED) is 0.524. The zero-order valence-corrected chi connectivity index (χ0v) is 15.9. The van der Waals surface area contributed by atoms with Crippen molar-refractivity contribution in [2.45, 2.75) is 6.42 Å². The van der Waals surface area contributed by atoms with Crippen LogP contribution in [0.4, 0.5) is 8.78 Å². The molecule has 0 radical (unpaired) electrons. The summed E-state index contributed by atoms with van der Waals surface area (Å²) in [5.41, 5.74) is 2.89. The van der Waals surface area contributed by atoms with E-state index in [2.05, 4.69) is 15.4 Å². The Bertz CT molecular complexity index is 1140. The summed E-state index contributed by atoms with van der Waals surface area (Å²) in [5, 5.41) is 7.38. The Morgan fingerprint density at radius 1 is 1.00 bits per heavy atom. The molecule has 0 bridgehead atoms. The zero-order chi connectivity index (χ0) is 20.9. The number of hydrogen-bond acceptors (Lipinski definition) is 3. The standard InChI is InChI=1S/C23H18F2N4O/c24-18-11-16(12-19(25)13-18)8-10-27-23(30)21-15-29(20-6-2-1-3-7-20)28-22(21)17-5-4-9-26-14-17/h1-7,9,11-15H,8,10H2,(H,27,30). The second-order valence-corrected chi connectivity index (χ2v) is 6.70. The highest BCUT2D eigenvalue weighted by Gasteiger charge is 2.18. The Hall–Kier alpha value is -3.87. The molecule has 0 aliphatic carbocycles. The van der Waals surface area contributed by atoms with Crippen LogP contribution in [0, 0.1) is 11.6 Å². The number of halogens is 2. The summed E-state index contributed by atoms with van der Waals surface area (Å²) in [6.07, 6.45) is 5.25. The van der Waals surface area contributed by atoms with Crippen LogP contribution in [0.15, 0.2) is 79.3 Å². The summed E-state index contributed by atoms with van der Waals surface area (Å²) >= 11 is 0. The predicted octanol–water partition coefficient (Wildman–Crippen LogP) is 4.19. The lowest BCUT2D eigenvalue weighted by Gasteiger charge is -2.06. The van der Waals surface area contributed by atoms with Crippen molar-refractivity contribution in [3.63, 3.8) is 0 Å². The van der Waals surface area contributed by atoms with Crippen molar-refractivity contribution in [1.29, 1.82) is 0 Å². The fourth-order valence-corrected chi connectivity index (χ4v) is 3.14. The van der Waals surface area contributed by atoms with Crippen molar-refractivity contribution >= 4 is 5.91 Å². The fraction of sp³-hybridized carbons (Fsp3) is 0.0870. The highest BCUT2D eigenvalue weighted by Crippen LogP contribution is 2.23. The van der Waals surface area contributed by atoms with Gasteiger partial charge in [-0.1, -0.05) is 18.2 Å². The van der Waals surface area contributed by atoms with Gasteiger partial charge < -0.3 is 5.32 Å². The lowest BCUT2D eigenvalue weighted by Crippen LogP contribution is -2.26. The van der Waals surface area contributed by atoms with E-state index in [1.165, 1.54) is 12.1 Å². The molecule has 4 aromatic rings. The molecule has 0 aliphatic heterocycles. The summed E-state index contributed by atoms with van der Waals surface area (Å²) in [6.45, 7) is 0.227. The molecule has 0 fully saturated rings. The van der Waals surface area contributed by atoms with Crippen molar-refractivity contribution in [2.24, 2.45) is 0 Å². The van der Waals surface area contributed by atoms with Crippen LogP contribution >= 0.6 is 0 Å². The lowest BCUT2D eigenvalue weighted by molar-refractivity contribution is 0.0955. The molecule has 2 aromatic carbocycles. The number of carbonyl (C=O) groups excluding carboxylic acids is 1. The zero-order valence-electron chi connectivity index (χ0n) is 15.9. The molecule has 0 spiro atoms. The molecule has 5 nitrogen and oxygen atoms in total. The molecule has 4 rings (SSSR count). The van der Waals surface area contributed by atoms with Crippen molar-refractivity contribution in [3.8, 4) is 16.9 Å². The van der Waals surface area contributed by atoms with Crippen LogP contribution < -0.4 is 5.32 Å². The Morgan fingerprint density at radius 2 is 1.77 bits per heavy atom. The van der Waals surface area contributed by atoms with E-state index in [0.717, 1.165) is 11.8 Å². The van der Waals surface area contributed by atoms with Crippen LogP contribution in [0.3, 0.4) is 0 Å². The number of carbonyl (C=O) groups is 1. The summed E-state index contributed by atoms with van der Waals surface area (Å²) in [4.78, 5) is 17.0. The van der Waals surface area contributed by atoms with Crippen LogP contribution in [-0.4, -0.2) is 27.2 Å². The smallest absolute Gasteiger partial charge is 0.255 e. The summed E-state index contributed by atoms with van der Waals surface area (Å²) in [7, 11) is 0. The van der Waals surface area contributed by atoms with Gasteiger partial charge in [-0.2, -0.15) is 5.10 Å². The molecule has 1 amide bonds. The van der Waals surface area contributed by atoms with Gasteiger partial charge in [0.15, 0.2) is 0 Å². The van der Waals surface area contributed by atoms with Gasteiger partial charge in [0.05, 0.1) is 11.3 Å². The lowest BCUT2D eigenvalue weighted by atomic mass is 10.1. The number of benzene rings is 2. The third-order valence-electron chi connectivity index (χ3n) is 4.54. The van der Waals surface area contributed by atoms with Crippen molar-refractivity contribution in [3.05, 3.63) is 102 Å². The number of hydrogen-bond donors (Lipinski definition) is 1. The van der Waals surface area contributed by atoms with Crippen LogP contribution in [0.5, 0.6) is 0 Å². The highest BCUT2D eigenvalue weighted by molar-refractivity contribution is 5.99. The second-order valence-electron chi connectivity index (χ2n) is 6.70. The van der Waals surface area contributed by atoms with E-state index in [4.69, 9.17) is 0 Å². The number of nitrogens with one attached hydrogen (secondary N) is 1. The second kappa shape index (κ2) is 8.65. The van der Waals surface area contributed by atoms with E-state index in [0.29, 0.717) is 28.8 Å². The Morgan fingerprint density at radius 3 is 2.47 bits per heavy atom. The number of para-hydroxylation sites is 1. The molecule has 150 valence electrons. The molecule has 0 saturated carbocycles. The van der Waals surface area contributed by atoms with Crippen molar-refractivity contribution < 1.29 is 13.6 Å². The molecular weight excluding hydrogens is 386 g/mol. The maximum Gasteiger partial charge on any atom is 0.255 e. The van der Waals surface area contributed by atoms with E-state index >= 15 is 0 Å². The third kappa shape index (κ3) is 4.41. The minimum absolute atomic E-state index is 0.227. The van der Waals surface area contributed by atoms with Crippen molar-refractivity contribution in [1.82, 2.24) is 20.1 Å². The molecule has 0 aliphatic rings. The topological polar surface area (TPSA) is 59.8 Å². The first-order valence-corrected chi connectivity index (χ1v) is 9.39. The predicted molar refractivity (Wildman–Crippen MR) is 109 cm³/mol. The van der Waals surface area contributed by atoms with Crippen LogP contribution in [0.1, 0.15) is 15.9 Å². The molecule has 0 unspecified atom stereocenters. The third-order valence-corrected chi connectivity index (χ3v) is 4.54. The largest absolute Gasteiger partial charge is 0.352 e. The highest BCUT2D eigenvalue weighted by atomic mass is 19.1. The Balaban J connectivity index is 1.57. The van der Waals surface area contributed by atoms with Gasteiger partial charge in [0, 0.05) is 36.8 Å². The average Bonchev–Trinajstić information content (AvgIpc) is 3.20. The minimum atomic E-state index is -0.640. The molecule has 2 aromatic heterocycles. The molecular formula is C23H18F2N4O. The van der Waals surface area contributed by atoms with E-state index in [9.17, 15) is 13.6 Å². The van der Waals surface area contributed by atoms with Crippen LogP contribution in [0.25, 0.3) is 16.9 Å². The van der Waals surface area contributed by atoms with Gasteiger partial charge in [-0.15, -0.1) is 0 Å². The average molecular weight is 404 g/mol. The summed E-state index contributed by atoms with van der Waals surface area (Å²) in [5.74, 6) is -1.61. The number of pyridine rings is 1. The Kier molecular flexibility index (Phi) is 5.61. The van der Waals surface area contributed by atoms with Crippen molar-refractivity contribution in [2.75, 3.05) is 6.54 Å². The molecule has 1 N–H and O–H groups in total. The molecule has 0 atom stereocenters. The summed E-state index contributed by atoms with van der Waals surface area (Å²) in [6, 6.07) is 16.4. The van der Waals surface area contributed by atoms with E-state index in [1.54, 1.807) is 29.3 Å². The molecule has 30 heavy (non-hydrogen) atoms. The van der Waals surface area contributed by atoms with Gasteiger partial charge >= 0.3 is 0 Å².